The molecule has 0 spiro atoms. The van der Waals surface area contributed by atoms with Crippen molar-refractivity contribution >= 4 is 6.09 Å². The van der Waals surface area contributed by atoms with Gasteiger partial charge in [0.1, 0.15) is 0 Å². The third kappa shape index (κ3) is 2.74. The van der Waals surface area contributed by atoms with Gasteiger partial charge in [-0.25, -0.2) is 4.79 Å². The molecule has 0 saturated heterocycles. The topological polar surface area (TPSA) is 69.6 Å². The number of hydrogen-bond donors (Lipinski definition) is 3. The molecular formula is C10H13NO3. The zero-order valence-electron chi connectivity index (χ0n) is 7.90. The van der Waals surface area contributed by atoms with Crippen molar-refractivity contribution in [3.8, 4) is 0 Å². The molecule has 0 radical (unpaired) electrons. The van der Waals surface area contributed by atoms with Gasteiger partial charge in [0.2, 0.25) is 0 Å². The molecule has 0 saturated carbocycles. The van der Waals surface area contributed by atoms with Crippen molar-refractivity contribution in [3.05, 3.63) is 35.4 Å². The predicted octanol–water partition coefficient (Wildman–Crippen LogP) is 1.51. The minimum absolute atomic E-state index is 0.00101. The van der Waals surface area contributed by atoms with E-state index in [1.165, 1.54) is 0 Å². The van der Waals surface area contributed by atoms with Gasteiger partial charge in [0.15, 0.2) is 0 Å². The van der Waals surface area contributed by atoms with Gasteiger partial charge >= 0.3 is 6.09 Å². The second kappa shape index (κ2) is 4.62. The molecule has 0 heterocycles. The number of nitrogens with one attached hydrogen (secondary N) is 1. The van der Waals surface area contributed by atoms with E-state index in [0.29, 0.717) is 0 Å². The maximum Gasteiger partial charge on any atom is 0.405 e. The second-order valence-corrected chi connectivity index (χ2v) is 3.07. The van der Waals surface area contributed by atoms with Gasteiger partial charge in [0.05, 0.1) is 12.6 Å². The molecule has 0 bridgehead atoms. The van der Waals surface area contributed by atoms with Crippen molar-refractivity contribution < 1.29 is 15.0 Å². The summed E-state index contributed by atoms with van der Waals surface area (Å²) in [4.78, 5) is 10.4. The van der Waals surface area contributed by atoms with Crippen LogP contribution in [-0.4, -0.2) is 16.3 Å². The summed E-state index contributed by atoms with van der Waals surface area (Å²) < 4.78 is 0. The monoisotopic (exact) mass is 195 g/mol. The van der Waals surface area contributed by atoms with Gasteiger partial charge in [-0.05, 0) is 18.1 Å². The van der Waals surface area contributed by atoms with Crippen LogP contribution in [0.2, 0.25) is 0 Å². The van der Waals surface area contributed by atoms with Crippen LogP contribution in [0.1, 0.15) is 24.1 Å². The SMILES string of the molecule is C[C@H](NC(=O)O)c1ccc(CO)cc1. The molecule has 0 aromatic heterocycles. The normalized spacial score (nSPS) is 12.1. The lowest BCUT2D eigenvalue weighted by Crippen LogP contribution is -2.24. The highest BCUT2D eigenvalue weighted by Crippen LogP contribution is 2.13. The van der Waals surface area contributed by atoms with Gasteiger partial charge in [-0.2, -0.15) is 0 Å². The first kappa shape index (κ1) is 10.5. The van der Waals surface area contributed by atoms with E-state index in [2.05, 4.69) is 5.32 Å². The lowest BCUT2D eigenvalue weighted by atomic mass is 10.1. The van der Waals surface area contributed by atoms with E-state index in [1.807, 2.05) is 0 Å². The van der Waals surface area contributed by atoms with E-state index >= 15 is 0 Å². The van der Waals surface area contributed by atoms with Gasteiger partial charge in [0, 0.05) is 0 Å². The molecule has 1 aromatic carbocycles. The Bertz CT molecular complexity index is 308. The average Bonchev–Trinajstić information content (AvgIpc) is 2.17. The highest BCUT2D eigenvalue weighted by atomic mass is 16.4. The van der Waals surface area contributed by atoms with Crippen LogP contribution >= 0.6 is 0 Å². The fraction of sp³-hybridized carbons (Fsp3) is 0.300. The highest BCUT2D eigenvalue weighted by Gasteiger charge is 2.06. The molecule has 0 aliphatic rings. The Morgan fingerprint density at radius 3 is 2.43 bits per heavy atom. The van der Waals surface area contributed by atoms with E-state index in [9.17, 15) is 4.79 Å². The maximum absolute atomic E-state index is 10.4. The number of aliphatic hydroxyl groups excluding tert-OH is 1. The van der Waals surface area contributed by atoms with Crippen molar-refractivity contribution in [3.63, 3.8) is 0 Å². The number of carbonyl (C=O) groups is 1. The number of amides is 1. The molecule has 1 amide bonds. The van der Waals surface area contributed by atoms with Gasteiger partial charge in [-0.15, -0.1) is 0 Å². The van der Waals surface area contributed by atoms with Crippen LogP contribution in [0.3, 0.4) is 0 Å². The Morgan fingerprint density at radius 2 is 2.00 bits per heavy atom. The number of benzene rings is 1. The minimum Gasteiger partial charge on any atom is -0.465 e. The van der Waals surface area contributed by atoms with Crippen LogP contribution in [0.5, 0.6) is 0 Å². The molecule has 1 aromatic rings. The molecule has 4 nitrogen and oxygen atoms in total. The first-order valence-electron chi connectivity index (χ1n) is 4.32. The van der Waals surface area contributed by atoms with Crippen LogP contribution < -0.4 is 5.32 Å². The standard InChI is InChI=1S/C10H13NO3/c1-7(11-10(13)14)9-4-2-8(6-12)3-5-9/h2-5,7,11-12H,6H2,1H3,(H,13,14)/t7-/m0/s1. The summed E-state index contributed by atoms with van der Waals surface area (Å²) in [5.74, 6) is 0. The number of hydrogen-bond acceptors (Lipinski definition) is 2. The summed E-state index contributed by atoms with van der Waals surface area (Å²) in [7, 11) is 0. The van der Waals surface area contributed by atoms with Gasteiger partial charge in [0.25, 0.3) is 0 Å². The Hall–Kier alpha value is -1.55. The van der Waals surface area contributed by atoms with Crippen LogP contribution in [0.4, 0.5) is 4.79 Å². The lowest BCUT2D eigenvalue weighted by Gasteiger charge is -2.11. The fourth-order valence-electron chi connectivity index (χ4n) is 1.18. The lowest BCUT2D eigenvalue weighted by molar-refractivity contribution is 0.191. The third-order valence-corrected chi connectivity index (χ3v) is 2.00. The number of carboxylic acid groups (broad SMARTS) is 1. The molecule has 1 rings (SSSR count). The smallest absolute Gasteiger partial charge is 0.405 e. The van der Waals surface area contributed by atoms with E-state index in [-0.39, 0.29) is 12.6 Å². The third-order valence-electron chi connectivity index (χ3n) is 2.00. The van der Waals surface area contributed by atoms with Gasteiger partial charge in [-0.3, -0.25) is 0 Å². The number of aliphatic hydroxyl groups is 1. The van der Waals surface area contributed by atoms with Crippen molar-refractivity contribution in [1.82, 2.24) is 5.32 Å². The summed E-state index contributed by atoms with van der Waals surface area (Å²) in [5, 5.41) is 19.6. The van der Waals surface area contributed by atoms with Crippen LogP contribution in [0, 0.1) is 0 Å². The molecule has 3 N–H and O–H groups in total. The quantitative estimate of drug-likeness (QED) is 0.684. The molecule has 0 aliphatic heterocycles. The maximum atomic E-state index is 10.4. The van der Waals surface area contributed by atoms with E-state index in [1.54, 1.807) is 31.2 Å². The Balaban J connectivity index is 2.71. The molecule has 0 unspecified atom stereocenters. The Morgan fingerprint density at radius 1 is 1.43 bits per heavy atom. The van der Waals surface area contributed by atoms with Crippen molar-refractivity contribution in [2.45, 2.75) is 19.6 Å². The van der Waals surface area contributed by atoms with Crippen LogP contribution in [-0.2, 0) is 6.61 Å². The van der Waals surface area contributed by atoms with E-state index in [0.717, 1.165) is 11.1 Å². The second-order valence-electron chi connectivity index (χ2n) is 3.07. The summed E-state index contributed by atoms with van der Waals surface area (Å²) in [5.41, 5.74) is 1.70. The molecule has 76 valence electrons. The summed E-state index contributed by atoms with van der Waals surface area (Å²) >= 11 is 0. The fourth-order valence-corrected chi connectivity index (χ4v) is 1.18. The zero-order chi connectivity index (χ0) is 10.6. The van der Waals surface area contributed by atoms with Crippen molar-refractivity contribution in [2.24, 2.45) is 0 Å². The minimum atomic E-state index is -1.04. The molecule has 1 atom stereocenters. The van der Waals surface area contributed by atoms with E-state index in [4.69, 9.17) is 10.2 Å². The largest absolute Gasteiger partial charge is 0.465 e. The first-order chi connectivity index (χ1) is 6.63. The molecule has 0 aliphatic carbocycles. The van der Waals surface area contributed by atoms with E-state index < -0.39 is 6.09 Å². The average molecular weight is 195 g/mol. The Kier molecular flexibility index (Phi) is 3.48. The van der Waals surface area contributed by atoms with Crippen LogP contribution in [0.15, 0.2) is 24.3 Å². The molecule has 0 fully saturated rings. The zero-order valence-corrected chi connectivity index (χ0v) is 7.90. The highest BCUT2D eigenvalue weighted by molar-refractivity contribution is 5.65. The molecular weight excluding hydrogens is 182 g/mol. The summed E-state index contributed by atoms with van der Waals surface area (Å²) in [6.45, 7) is 1.77. The predicted molar refractivity (Wildman–Crippen MR) is 51.9 cm³/mol. The molecule has 14 heavy (non-hydrogen) atoms. The van der Waals surface area contributed by atoms with Gasteiger partial charge < -0.3 is 15.5 Å². The summed E-state index contributed by atoms with van der Waals surface area (Å²) in [6, 6.07) is 6.91. The van der Waals surface area contributed by atoms with Crippen molar-refractivity contribution in [1.29, 1.82) is 0 Å². The molecule has 4 heteroatoms. The number of rotatable bonds is 3. The van der Waals surface area contributed by atoms with Crippen LogP contribution in [0.25, 0.3) is 0 Å². The van der Waals surface area contributed by atoms with Crippen molar-refractivity contribution in [2.75, 3.05) is 0 Å². The summed E-state index contributed by atoms with van der Waals surface area (Å²) in [6.07, 6.45) is -1.04. The first-order valence-corrected chi connectivity index (χ1v) is 4.32. The van der Waals surface area contributed by atoms with Gasteiger partial charge in [-0.1, -0.05) is 24.3 Å². The Labute approximate surface area is 82.2 Å².